The van der Waals surface area contributed by atoms with Crippen molar-refractivity contribution < 1.29 is 9.90 Å². The van der Waals surface area contributed by atoms with Crippen LogP contribution in [0.3, 0.4) is 0 Å². The number of aromatic hydroxyl groups is 1. The highest BCUT2D eigenvalue weighted by Gasteiger charge is 2.11. The average Bonchev–Trinajstić information content (AvgIpc) is 2.49. The van der Waals surface area contributed by atoms with E-state index < -0.39 is 0 Å². The Labute approximate surface area is 123 Å². The third-order valence-corrected chi connectivity index (χ3v) is 3.08. The van der Waals surface area contributed by atoms with Gasteiger partial charge in [-0.25, -0.2) is 0 Å². The Morgan fingerprint density at radius 1 is 1.33 bits per heavy atom. The minimum Gasteiger partial charge on any atom is -0.508 e. The highest BCUT2D eigenvalue weighted by atomic mass is 16.3. The number of aryl methyl sites for hydroxylation is 1. The van der Waals surface area contributed by atoms with Crippen LogP contribution in [0.2, 0.25) is 0 Å². The zero-order chi connectivity index (χ0) is 15.2. The lowest BCUT2D eigenvalue weighted by Crippen LogP contribution is -2.27. The number of anilines is 1. The molecule has 6 heteroatoms. The van der Waals surface area contributed by atoms with Crippen LogP contribution in [0.25, 0.3) is 0 Å². The van der Waals surface area contributed by atoms with E-state index in [9.17, 15) is 9.90 Å². The summed E-state index contributed by atoms with van der Waals surface area (Å²) in [5, 5.41) is 12.0. The number of phenols is 1. The quantitative estimate of drug-likeness (QED) is 0.491. The summed E-state index contributed by atoms with van der Waals surface area (Å²) in [7, 11) is 0. The van der Waals surface area contributed by atoms with Crippen molar-refractivity contribution in [3.8, 4) is 5.75 Å². The molecule has 2 rings (SSSR count). The third kappa shape index (κ3) is 3.93. The maximum Gasteiger partial charge on any atom is 0.255 e. The number of carbonyl (C=O) groups excluding carboxylic acids is 1. The Balaban J connectivity index is 1.94. The molecule has 0 aliphatic carbocycles. The van der Waals surface area contributed by atoms with Crippen molar-refractivity contribution in [1.29, 1.82) is 0 Å². The van der Waals surface area contributed by atoms with Crippen molar-refractivity contribution in [2.75, 3.05) is 12.0 Å². The molecule has 6 nitrogen and oxygen atoms in total. The Bertz CT molecular complexity index is 626. The molecule has 1 heterocycles. The highest BCUT2D eigenvalue weighted by Crippen LogP contribution is 2.14. The van der Waals surface area contributed by atoms with Crippen molar-refractivity contribution in [3.63, 3.8) is 0 Å². The van der Waals surface area contributed by atoms with Gasteiger partial charge in [-0.15, -0.1) is 0 Å². The highest BCUT2D eigenvalue weighted by molar-refractivity contribution is 5.99. The number of amides is 1. The first-order valence-electron chi connectivity index (χ1n) is 6.59. The van der Waals surface area contributed by atoms with Crippen LogP contribution in [0.15, 0.2) is 36.5 Å². The average molecular weight is 286 g/mol. The zero-order valence-electron chi connectivity index (χ0n) is 11.8. The number of pyridine rings is 1. The normalized spacial score (nSPS) is 10.2. The van der Waals surface area contributed by atoms with E-state index in [1.54, 1.807) is 18.2 Å². The van der Waals surface area contributed by atoms with Crippen molar-refractivity contribution >= 4 is 11.6 Å². The van der Waals surface area contributed by atoms with Crippen LogP contribution in [-0.2, 0) is 6.42 Å². The van der Waals surface area contributed by atoms with Gasteiger partial charge in [0.15, 0.2) is 0 Å². The summed E-state index contributed by atoms with van der Waals surface area (Å²) in [5.41, 5.74) is 5.28. The van der Waals surface area contributed by atoms with Gasteiger partial charge in [-0.3, -0.25) is 15.6 Å². The van der Waals surface area contributed by atoms with Gasteiger partial charge in [-0.2, -0.15) is 0 Å². The third-order valence-electron chi connectivity index (χ3n) is 3.08. The van der Waals surface area contributed by atoms with E-state index in [1.165, 1.54) is 6.20 Å². The number of hydrazine groups is 1. The number of aromatic nitrogens is 1. The number of phenolic OH excluding ortho intramolecular Hbond substituents is 1. The lowest BCUT2D eigenvalue weighted by atomic mass is 10.1. The lowest BCUT2D eigenvalue weighted by molar-refractivity contribution is 0.0954. The van der Waals surface area contributed by atoms with Gasteiger partial charge in [0, 0.05) is 18.4 Å². The van der Waals surface area contributed by atoms with Gasteiger partial charge >= 0.3 is 0 Å². The number of nitrogens with one attached hydrogen (secondary N) is 2. The number of nitrogen functional groups attached to an aromatic ring is 1. The van der Waals surface area contributed by atoms with E-state index in [-0.39, 0.29) is 11.7 Å². The van der Waals surface area contributed by atoms with Crippen LogP contribution < -0.4 is 16.6 Å². The van der Waals surface area contributed by atoms with E-state index in [0.717, 1.165) is 11.3 Å². The van der Waals surface area contributed by atoms with E-state index in [0.29, 0.717) is 24.2 Å². The monoisotopic (exact) mass is 286 g/mol. The summed E-state index contributed by atoms with van der Waals surface area (Å²) >= 11 is 0. The fraction of sp³-hybridized carbons (Fsp3) is 0.200. The molecule has 0 saturated carbocycles. The predicted octanol–water partition coefficient (Wildman–Crippen LogP) is 1.35. The number of hydrogen-bond donors (Lipinski definition) is 4. The van der Waals surface area contributed by atoms with Crippen LogP contribution in [0.1, 0.15) is 21.6 Å². The molecule has 0 radical (unpaired) electrons. The molecular formula is C15H18N4O2. The fourth-order valence-corrected chi connectivity index (χ4v) is 1.94. The molecule has 0 fully saturated rings. The Morgan fingerprint density at radius 3 is 2.71 bits per heavy atom. The molecule has 0 aliphatic rings. The van der Waals surface area contributed by atoms with Gasteiger partial charge in [0.25, 0.3) is 5.91 Å². The summed E-state index contributed by atoms with van der Waals surface area (Å²) in [5.74, 6) is 5.41. The molecular weight excluding hydrogens is 268 g/mol. The smallest absolute Gasteiger partial charge is 0.255 e. The second kappa shape index (κ2) is 6.71. The van der Waals surface area contributed by atoms with Gasteiger partial charge in [0.2, 0.25) is 0 Å². The summed E-state index contributed by atoms with van der Waals surface area (Å²) < 4.78 is 0. The van der Waals surface area contributed by atoms with E-state index >= 15 is 0 Å². The van der Waals surface area contributed by atoms with Crippen molar-refractivity contribution in [3.05, 3.63) is 53.3 Å². The summed E-state index contributed by atoms with van der Waals surface area (Å²) in [6.07, 6.45) is 2.18. The van der Waals surface area contributed by atoms with Crippen LogP contribution >= 0.6 is 0 Å². The van der Waals surface area contributed by atoms with Gasteiger partial charge in [-0.1, -0.05) is 12.1 Å². The Kier molecular flexibility index (Phi) is 4.73. The minimum absolute atomic E-state index is 0.228. The van der Waals surface area contributed by atoms with Gasteiger partial charge in [-0.05, 0) is 37.1 Å². The zero-order valence-corrected chi connectivity index (χ0v) is 11.8. The Hall–Kier alpha value is -2.60. The molecule has 0 atom stereocenters. The maximum absolute atomic E-state index is 12.1. The molecule has 1 amide bonds. The molecule has 1 aromatic carbocycles. The SMILES string of the molecule is Cc1cc(NN)c(C(=O)NCCc2ccc(O)cc2)cn1. The van der Waals surface area contributed by atoms with Crippen LogP contribution in [0.4, 0.5) is 5.69 Å². The van der Waals surface area contributed by atoms with E-state index in [1.807, 2.05) is 19.1 Å². The number of carbonyl (C=O) groups is 1. The molecule has 2 aromatic rings. The van der Waals surface area contributed by atoms with Gasteiger partial charge < -0.3 is 15.8 Å². The molecule has 0 saturated heterocycles. The first-order chi connectivity index (χ1) is 10.1. The maximum atomic E-state index is 12.1. The standard InChI is InChI=1S/C15H18N4O2/c1-10-8-14(19-16)13(9-18-10)15(21)17-7-6-11-2-4-12(20)5-3-11/h2-5,8-9,20H,6-7,16H2,1H3,(H,17,21)(H,18,19). The number of rotatable bonds is 5. The van der Waals surface area contributed by atoms with Crippen LogP contribution in [0, 0.1) is 6.92 Å². The fourth-order valence-electron chi connectivity index (χ4n) is 1.94. The largest absolute Gasteiger partial charge is 0.508 e. The molecule has 5 N–H and O–H groups in total. The van der Waals surface area contributed by atoms with Crippen molar-refractivity contribution in [2.24, 2.45) is 5.84 Å². The Morgan fingerprint density at radius 2 is 2.05 bits per heavy atom. The van der Waals surface area contributed by atoms with E-state index in [4.69, 9.17) is 5.84 Å². The van der Waals surface area contributed by atoms with Crippen molar-refractivity contribution in [1.82, 2.24) is 10.3 Å². The van der Waals surface area contributed by atoms with E-state index in [2.05, 4.69) is 15.7 Å². The molecule has 0 spiro atoms. The molecule has 0 unspecified atom stereocenters. The lowest BCUT2D eigenvalue weighted by Gasteiger charge is -2.10. The minimum atomic E-state index is -0.228. The molecule has 110 valence electrons. The molecule has 1 aromatic heterocycles. The summed E-state index contributed by atoms with van der Waals surface area (Å²) in [6, 6.07) is 8.60. The van der Waals surface area contributed by atoms with Crippen LogP contribution in [-0.4, -0.2) is 22.5 Å². The number of hydrogen-bond acceptors (Lipinski definition) is 5. The second-order valence-electron chi connectivity index (χ2n) is 4.69. The number of benzene rings is 1. The molecule has 21 heavy (non-hydrogen) atoms. The number of nitrogens with two attached hydrogens (primary N) is 1. The topological polar surface area (TPSA) is 100 Å². The van der Waals surface area contributed by atoms with Crippen LogP contribution in [0.5, 0.6) is 5.75 Å². The first kappa shape index (κ1) is 14.8. The second-order valence-corrected chi connectivity index (χ2v) is 4.69. The van der Waals surface area contributed by atoms with Gasteiger partial charge in [0.05, 0.1) is 11.3 Å². The molecule has 0 bridgehead atoms. The van der Waals surface area contributed by atoms with Crippen molar-refractivity contribution in [2.45, 2.75) is 13.3 Å². The first-order valence-corrected chi connectivity index (χ1v) is 6.59. The summed E-state index contributed by atoms with van der Waals surface area (Å²) in [4.78, 5) is 16.2. The summed E-state index contributed by atoms with van der Waals surface area (Å²) in [6.45, 7) is 2.31. The number of nitrogens with zero attached hydrogens (tertiary/aromatic N) is 1. The predicted molar refractivity (Wildman–Crippen MR) is 80.9 cm³/mol. The molecule has 0 aliphatic heterocycles. The van der Waals surface area contributed by atoms with Gasteiger partial charge in [0.1, 0.15) is 5.75 Å².